The molecule has 1 heterocycles. The molecule has 2 rings (SSSR count). The number of anilines is 1. The summed E-state index contributed by atoms with van der Waals surface area (Å²) in [7, 11) is 0. The van der Waals surface area contributed by atoms with Gasteiger partial charge in [-0.25, -0.2) is 9.97 Å². The lowest BCUT2D eigenvalue weighted by atomic mass is 10.2. The summed E-state index contributed by atoms with van der Waals surface area (Å²) >= 11 is 8.32. The van der Waals surface area contributed by atoms with E-state index < -0.39 is 0 Å². The Morgan fingerprint density at radius 3 is 2.56 bits per heavy atom. The van der Waals surface area contributed by atoms with Gasteiger partial charge in [0.25, 0.3) is 0 Å². The van der Waals surface area contributed by atoms with Gasteiger partial charge in [0.2, 0.25) is 0 Å². The van der Waals surface area contributed by atoms with Crippen LogP contribution in [0.3, 0.4) is 0 Å². The minimum absolute atomic E-state index is 0.237. The van der Waals surface area contributed by atoms with Crippen molar-refractivity contribution in [3.05, 3.63) is 52.4 Å². The molecule has 18 heavy (non-hydrogen) atoms. The Hall–Kier alpha value is -1.53. The molecule has 1 aromatic heterocycles. The van der Waals surface area contributed by atoms with Crippen LogP contribution in [0.25, 0.3) is 0 Å². The zero-order chi connectivity index (χ0) is 13.0. The summed E-state index contributed by atoms with van der Waals surface area (Å²) < 4.78 is 1.05. The van der Waals surface area contributed by atoms with E-state index in [0.717, 1.165) is 10.0 Å². The highest BCUT2D eigenvalue weighted by atomic mass is 79.9. The van der Waals surface area contributed by atoms with E-state index in [1.165, 1.54) is 0 Å². The molecular formula is C12H11BrN4S. The first kappa shape index (κ1) is 12.9. The third-order valence-electron chi connectivity index (χ3n) is 2.30. The number of hydrogen-bond acceptors (Lipinski definition) is 4. The summed E-state index contributed by atoms with van der Waals surface area (Å²) in [5.41, 5.74) is 7.24. The number of halogens is 1. The highest BCUT2D eigenvalue weighted by Gasteiger charge is 2.06. The van der Waals surface area contributed by atoms with Gasteiger partial charge in [-0.15, -0.1) is 0 Å². The van der Waals surface area contributed by atoms with Crippen LogP contribution in [0.5, 0.6) is 0 Å². The molecule has 0 fully saturated rings. The van der Waals surface area contributed by atoms with Crippen LogP contribution in [-0.4, -0.2) is 15.0 Å². The molecule has 0 aliphatic rings. The molecule has 0 aliphatic carbocycles. The lowest BCUT2D eigenvalue weighted by Crippen LogP contribution is -2.16. The molecule has 0 unspecified atom stereocenters. The van der Waals surface area contributed by atoms with Gasteiger partial charge in [0.1, 0.15) is 10.7 Å². The Morgan fingerprint density at radius 2 is 1.89 bits per heavy atom. The van der Waals surface area contributed by atoms with Gasteiger partial charge in [0.05, 0.1) is 0 Å². The summed E-state index contributed by atoms with van der Waals surface area (Å²) in [6.07, 6.45) is 3.17. The van der Waals surface area contributed by atoms with Crippen LogP contribution >= 0.6 is 28.1 Å². The Morgan fingerprint density at radius 1 is 1.22 bits per heavy atom. The SMILES string of the molecule is NC(=S)c1nccnc1NCc1ccc(Br)cc1. The predicted octanol–water partition coefficient (Wildman–Crippen LogP) is 2.49. The van der Waals surface area contributed by atoms with E-state index in [-0.39, 0.29) is 4.99 Å². The fourth-order valence-corrected chi connectivity index (χ4v) is 1.85. The molecule has 4 nitrogen and oxygen atoms in total. The van der Waals surface area contributed by atoms with Crippen molar-refractivity contribution >= 4 is 39.0 Å². The van der Waals surface area contributed by atoms with Crippen LogP contribution in [0.1, 0.15) is 11.3 Å². The standard InChI is InChI=1S/C12H11BrN4S/c13-9-3-1-8(2-4-9)7-17-12-10(11(14)18)15-5-6-16-12/h1-6H,7H2,(H2,14,18)(H,16,17). The number of aromatic nitrogens is 2. The first-order chi connectivity index (χ1) is 8.66. The van der Waals surface area contributed by atoms with E-state index in [1.54, 1.807) is 12.4 Å². The Kier molecular flexibility index (Phi) is 4.22. The normalized spacial score (nSPS) is 10.1. The van der Waals surface area contributed by atoms with Gasteiger partial charge in [0, 0.05) is 23.4 Å². The quantitative estimate of drug-likeness (QED) is 0.847. The molecular weight excluding hydrogens is 312 g/mol. The third kappa shape index (κ3) is 3.24. The van der Waals surface area contributed by atoms with E-state index in [9.17, 15) is 0 Å². The summed E-state index contributed by atoms with van der Waals surface area (Å²) in [5, 5.41) is 3.17. The first-order valence-electron chi connectivity index (χ1n) is 5.26. The summed E-state index contributed by atoms with van der Waals surface area (Å²) in [5.74, 6) is 0.605. The Balaban J connectivity index is 2.10. The monoisotopic (exact) mass is 322 g/mol. The lowest BCUT2D eigenvalue weighted by molar-refractivity contribution is 1.08. The number of thiocarbonyl (C=S) groups is 1. The van der Waals surface area contributed by atoms with Gasteiger partial charge in [-0.3, -0.25) is 0 Å². The zero-order valence-electron chi connectivity index (χ0n) is 9.43. The van der Waals surface area contributed by atoms with Crippen molar-refractivity contribution in [3.63, 3.8) is 0 Å². The van der Waals surface area contributed by atoms with Crippen LogP contribution in [0, 0.1) is 0 Å². The van der Waals surface area contributed by atoms with Crippen LogP contribution in [-0.2, 0) is 6.54 Å². The van der Waals surface area contributed by atoms with Crippen molar-refractivity contribution in [1.29, 1.82) is 0 Å². The lowest BCUT2D eigenvalue weighted by Gasteiger charge is -2.08. The highest BCUT2D eigenvalue weighted by molar-refractivity contribution is 9.10. The van der Waals surface area contributed by atoms with Gasteiger partial charge in [0.15, 0.2) is 5.82 Å². The molecule has 0 amide bonds. The minimum atomic E-state index is 0.237. The smallest absolute Gasteiger partial charge is 0.155 e. The molecule has 6 heteroatoms. The van der Waals surface area contributed by atoms with E-state index in [0.29, 0.717) is 18.1 Å². The molecule has 0 atom stereocenters. The van der Waals surface area contributed by atoms with Crippen molar-refractivity contribution in [2.75, 3.05) is 5.32 Å². The van der Waals surface area contributed by atoms with Gasteiger partial charge < -0.3 is 11.1 Å². The molecule has 1 aromatic carbocycles. The molecule has 92 valence electrons. The van der Waals surface area contributed by atoms with E-state index in [2.05, 4.69) is 31.2 Å². The predicted molar refractivity (Wildman–Crippen MR) is 79.4 cm³/mol. The van der Waals surface area contributed by atoms with Crippen LogP contribution in [0.2, 0.25) is 0 Å². The molecule has 2 aromatic rings. The maximum atomic E-state index is 5.59. The van der Waals surface area contributed by atoms with Gasteiger partial charge in [-0.2, -0.15) is 0 Å². The number of rotatable bonds is 4. The Bertz CT molecular complexity index is 556. The molecule has 0 saturated heterocycles. The molecule has 0 radical (unpaired) electrons. The van der Waals surface area contributed by atoms with Crippen LogP contribution in [0.15, 0.2) is 41.1 Å². The first-order valence-corrected chi connectivity index (χ1v) is 6.46. The van der Waals surface area contributed by atoms with Crippen molar-refractivity contribution in [3.8, 4) is 0 Å². The summed E-state index contributed by atoms with van der Waals surface area (Å²) in [4.78, 5) is 8.53. The van der Waals surface area contributed by atoms with Crippen LogP contribution < -0.4 is 11.1 Å². The second kappa shape index (κ2) is 5.88. The van der Waals surface area contributed by atoms with Crippen LogP contribution in [0.4, 0.5) is 5.82 Å². The third-order valence-corrected chi connectivity index (χ3v) is 3.03. The van der Waals surface area contributed by atoms with E-state index >= 15 is 0 Å². The van der Waals surface area contributed by atoms with Gasteiger partial charge in [-0.1, -0.05) is 40.3 Å². The number of hydrogen-bond donors (Lipinski definition) is 2. The van der Waals surface area contributed by atoms with Crippen molar-refractivity contribution < 1.29 is 0 Å². The van der Waals surface area contributed by atoms with Crippen molar-refractivity contribution in [2.45, 2.75) is 6.54 Å². The minimum Gasteiger partial charge on any atom is -0.388 e. The summed E-state index contributed by atoms with van der Waals surface area (Å²) in [6.45, 7) is 0.640. The van der Waals surface area contributed by atoms with Crippen molar-refractivity contribution in [2.24, 2.45) is 5.73 Å². The molecule has 0 aliphatic heterocycles. The zero-order valence-corrected chi connectivity index (χ0v) is 11.8. The summed E-state index contributed by atoms with van der Waals surface area (Å²) in [6, 6.07) is 8.02. The number of nitrogens with zero attached hydrogens (tertiary/aromatic N) is 2. The van der Waals surface area contributed by atoms with Crippen molar-refractivity contribution in [1.82, 2.24) is 9.97 Å². The topological polar surface area (TPSA) is 63.8 Å². The van der Waals surface area contributed by atoms with E-state index in [4.69, 9.17) is 18.0 Å². The maximum absolute atomic E-state index is 5.59. The number of benzene rings is 1. The average Bonchev–Trinajstić information content (AvgIpc) is 2.38. The second-order valence-corrected chi connectivity index (χ2v) is 4.95. The second-order valence-electron chi connectivity index (χ2n) is 3.60. The fourth-order valence-electron chi connectivity index (χ4n) is 1.44. The molecule has 0 spiro atoms. The average molecular weight is 323 g/mol. The van der Waals surface area contributed by atoms with Gasteiger partial charge in [-0.05, 0) is 17.7 Å². The largest absolute Gasteiger partial charge is 0.388 e. The van der Waals surface area contributed by atoms with E-state index in [1.807, 2.05) is 24.3 Å². The van der Waals surface area contributed by atoms with Gasteiger partial charge >= 0.3 is 0 Å². The highest BCUT2D eigenvalue weighted by Crippen LogP contribution is 2.13. The number of nitrogens with two attached hydrogens (primary N) is 1. The number of nitrogens with one attached hydrogen (secondary N) is 1. The molecule has 3 N–H and O–H groups in total. The molecule has 0 bridgehead atoms. The fraction of sp³-hybridized carbons (Fsp3) is 0.0833. The Labute approximate surface area is 119 Å². The maximum Gasteiger partial charge on any atom is 0.155 e. The molecule has 0 saturated carbocycles.